The van der Waals surface area contributed by atoms with Crippen molar-refractivity contribution in [1.29, 1.82) is 0 Å². The SMILES string of the molecule is CCC.CCC(=O)OC.CCC(=O)OC.CCOC.CO.[2HH].[2HH].[3HH].[3HH]. The molecule has 0 amide bonds. The number of carbonyl (C=O) groups excluding carboxylic acids is 2. The molecule has 0 bridgehead atoms. The van der Waals surface area contributed by atoms with Gasteiger partial charge in [0.1, 0.15) is 0 Å². The van der Waals surface area contributed by atoms with Gasteiger partial charge in [-0.1, -0.05) is 34.1 Å². The smallest absolute Gasteiger partial charge is 0.305 e. The summed E-state index contributed by atoms with van der Waals surface area (Å²) in [5, 5.41) is 7.00. The first-order valence-corrected chi connectivity index (χ1v) is 7.02. The van der Waals surface area contributed by atoms with Gasteiger partial charge in [-0.25, -0.2) is 0 Å². The highest BCUT2D eigenvalue weighted by Crippen LogP contribution is 1.76. The Hall–Kier alpha value is -1.14. The highest BCUT2D eigenvalue weighted by Gasteiger charge is 1.88. The minimum Gasteiger partial charge on any atom is -0.469 e. The monoisotopic (exact) mass is 326 g/mol. The Morgan fingerprint density at radius 2 is 1.05 bits per heavy atom. The summed E-state index contributed by atoms with van der Waals surface area (Å²) in [7, 11) is 5.44. The molecule has 6 heteroatoms. The number of rotatable bonds is 3. The normalized spacial score (nSPS) is 6.95. The molecule has 0 aliphatic rings. The van der Waals surface area contributed by atoms with Gasteiger partial charge < -0.3 is 19.3 Å². The molecular formula is C15H44O6. The molecule has 0 aromatic heterocycles. The van der Waals surface area contributed by atoms with Crippen LogP contribution in [0.5, 0.6) is 0 Å². The number of methoxy groups -OCH3 is 3. The summed E-state index contributed by atoms with van der Waals surface area (Å²) in [6, 6.07) is 0. The first-order chi connectivity index (χ1) is 9.94. The highest BCUT2D eigenvalue weighted by molar-refractivity contribution is 5.68. The molecule has 0 fully saturated rings. The number of hydrogen-bond donors (Lipinski definition) is 1. The fourth-order valence-corrected chi connectivity index (χ4v) is 0.289. The van der Waals surface area contributed by atoms with Gasteiger partial charge in [0, 0.05) is 39.4 Å². The third-order valence-electron chi connectivity index (χ3n) is 1.32. The molecule has 0 rings (SSSR count). The van der Waals surface area contributed by atoms with E-state index in [4.69, 9.17) is 5.11 Å². The van der Waals surface area contributed by atoms with E-state index in [9.17, 15) is 9.59 Å². The molecular weight excluding hydrogens is 276 g/mol. The Morgan fingerprint density at radius 1 is 0.857 bits per heavy atom. The van der Waals surface area contributed by atoms with Gasteiger partial charge in [0.2, 0.25) is 0 Å². The van der Waals surface area contributed by atoms with E-state index in [2.05, 4.69) is 28.1 Å². The topological polar surface area (TPSA) is 82.1 Å². The number of aliphatic hydroxyl groups is 1. The predicted molar refractivity (Wildman–Crippen MR) is 94.7 cm³/mol. The van der Waals surface area contributed by atoms with Crippen molar-refractivity contribution in [2.45, 2.75) is 53.9 Å². The van der Waals surface area contributed by atoms with Gasteiger partial charge >= 0.3 is 11.9 Å². The van der Waals surface area contributed by atoms with E-state index in [-0.39, 0.29) is 17.6 Å². The average molecular weight is 327 g/mol. The second-order valence-corrected chi connectivity index (χ2v) is 3.14. The van der Waals surface area contributed by atoms with Crippen LogP contribution < -0.4 is 0 Å². The zero-order chi connectivity index (χ0) is 18.1. The van der Waals surface area contributed by atoms with E-state index in [0.29, 0.717) is 12.8 Å². The Kier molecular flexibility index (Phi) is 65.2. The van der Waals surface area contributed by atoms with Crippen LogP contribution in [0.25, 0.3) is 0 Å². The number of carbonyl (C=O) groups is 2. The van der Waals surface area contributed by atoms with Crippen LogP contribution >= 0.6 is 0 Å². The van der Waals surface area contributed by atoms with Gasteiger partial charge in [0.05, 0.1) is 14.2 Å². The summed E-state index contributed by atoms with van der Waals surface area (Å²) in [6.45, 7) is 10.5. The summed E-state index contributed by atoms with van der Waals surface area (Å²) in [5.41, 5.74) is 0. The highest BCUT2D eigenvalue weighted by atomic mass is 16.5. The number of hydrogen-bond acceptors (Lipinski definition) is 6. The van der Waals surface area contributed by atoms with Gasteiger partial charge in [0.15, 0.2) is 0 Å². The average Bonchev–Trinajstić information content (AvgIpc) is 2.56. The van der Waals surface area contributed by atoms with Gasteiger partial charge in [-0.2, -0.15) is 0 Å². The molecule has 0 aromatic carbocycles. The van der Waals surface area contributed by atoms with Gasteiger partial charge in [-0.3, -0.25) is 9.59 Å². The van der Waals surface area contributed by atoms with Crippen LogP contribution in [0.3, 0.4) is 0 Å². The van der Waals surface area contributed by atoms with Crippen LogP contribution in [0.1, 0.15) is 59.6 Å². The van der Waals surface area contributed by atoms with Crippen molar-refractivity contribution < 1.29 is 34.6 Å². The maximum Gasteiger partial charge on any atom is 0.305 e. The minimum atomic E-state index is -0.157. The fraction of sp³-hybridized carbons (Fsp3) is 0.867. The molecule has 0 radical (unpaired) electrons. The minimum absolute atomic E-state index is 0. The van der Waals surface area contributed by atoms with Crippen LogP contribution in [0.4, 0.5) is 0 Å². The third kappa shape index (κ3) is 86.8. The lowest BCUT2D eigenvalue weighted by atomic mass is 10.5. The Bertz CT molecular complexity index is 157. The zero-order valence-electron chi connectivity index (χ0n) is 15.3. The maximum absolute atomic E-state index is 9.96. The molecule has 0 saturated heterocycles. The van der Waals surface area contributed by atoms with Crippen molar-refractivity contribution in [3.8, 4) is 0 Å². The summed E-state index contributed by atoms with van der Waals surface area (Å²) < 4.78 is 13.1. The third-order valence-corrected chi connectivity index (χ3v) is 1.32. The lowest BCUT2D eigenvalue weighted by molar-refractivity contribution is -0.141. The van der Waals surface area contributed by atoms with E-state index < -0.39 is 0 Å². The molecule has 0 aromatic rings. The molecule has 0 aliphatic carbocycles. The van der Waals surface area contributed by atoms with Crippen molar-refractivity contribution in [3.05, 3.63) is 0 Å². The lowest BCUT2D eigenvalue weighted by Gasteiger charge is -1.87. The first-order valence-electron chi connectivity index (χ1n) is 7.02. The molecule has 140 valence electrons. The second-order valence-electron chi connectivity index (χ2n) is 3.14. The van der Waals surface area contributed by atoms with Crippen molar-refractivity contribution >= 4 is 11.9 Å². The molecule has 1 N–H and O–H groups in total. The molecule has 0 spiro atoms. The van der Waals surface area contributed by atoms with E-state index in [1.807, 2.05) is 6.92 Å². The maximum atomic E-state index is 9.96. The molecule has 0 atom stereocenters. The quantitative estimate of drug-likeness (QED) is 0.794. The van der Waals surface area contributed by atoms with Crippen LogP contribution in [-0.2, 0) is 23.8 Å². The van der Waals surface area contributed by atoms with E-state index in [1.54, 1.807) is 21.0 Å². The van der Waals surface area contributed by atoms with Gasteiger partial charge in [-0.05, 0) is 6.92 Å². The van der Waals surface area contributed by atoms with Crippen molar-refractivity contribution in [2.24, 2.45) is 0 Å². The van der Waals surface area contributed by atoms with Crippen LogP contribution in [-0.4, -0.2) is 52.1 Å². The van der Waals surface area contributed by atoms with E-state index in [1.165, 1.54) is 20.6 Å². The summed E-state index contributed by atoms with van der Waals surface area (Å²) >= 11 is 0. The molecule has 0 heterocycles. The number of esters is 2. The molecule has 6 nitrogen and oxygen atoms in total. The van der Waals surface area contributed by atoms with E-state index in [0.717, 1.165) is 13.7 Å². The largest absolute Gasteiger partial charge is 0.469 e. The van der Waals surface area contributed by atoms with Gasteiger partial charge in [-0.15, -0.1) is 0 Å². The zero-order valence-corrected chi connectivity index (χ0v) is 15.3. The van der Waals surface area contributed by atoms with Gasteiger partial charge in [0.25, 0.3) is 0 Å². The fourth-order valence-electron chi connectivity index (χ4n) is 0.289. The second kappa shape index (κ2) is 42.8. The Labute approximate surface area is 136 Å². The first kappa shape index (κ1) is 32.0. The molecule has 0 aliphatic heterocycles. The van der Waals surface area contributed by atoms with Crippen LogP contribution in [0, 0.1) is 0 Å². The van der Waals surface area contributed by atoms with Crippen LogP contribution in [0.2, 0.25) is 0 Å². The Balaban J connectivity index is -0.0000000184. The number of ether oxygens (including phenoxy) is 3. The number of aliphatic hydroxyl groups excluding tert-OH is 1. The summed E-state index contributed by atoms with van der Waals surface area (Å²) in [4.78, 5) is 19.9. The van der Waals surface area contributed by atoms with Crippen molar-refractivity contribution in [1.82, 2.24) is 0 Å². The Morgan fingerprint density at radius 3 is 1.05 bits per heavy atom. The predicted octanol–water partition coefficient (Wildman–Crippen LogP) is 3.80. The lowest BCUT2D eigenvalue weighted by Crippen LogP contribution is -1.94. The van der Waals surface area contributed by atoms with Crippen molar-refractivity contribution in [3.63, 3.8) is 0 Å². The van der Waals surface area contributed by atoms with Crippen molar-refractivity contribution in [2.75, 3.05) is 35.0 Å². The standard InChI is InChI=1S/2C4H8O2.C3H8O.C3H8.CH4O.4H2/c2*1-3-4(5)6-2;1-3-4-2;1-3-2;1-2;;;;/h2*3H2,1-2H3;3H2,1-2H3;3H2,1-2H3;2H,1H3;4*1H/i;;;;;2*1+2;2*1+1. The van der Waals surface area contributed by atoms with Crippen LogP contribution in [0.15, 0.2) is 0 Å². The molecule has 21 heavy (non-hydrogen) atoms. The van der Waals surface area contributed by atoms with E-state index >= 15 is 0 Å². The molecule has 0 saturated carbocycles. The summed E-state index contributed by atoms with van der Waals surface area (Å²) in [5.74, 6) is -0.315. The molecule has 0 unspecified atom stereocenters. The summed E-state index contributed by atoms with van der Waals surface area (Å²) in [6.07, 6.45) is 2.19.